The van der Waals surface area contributed by atoms with E-state index >= 15 is 0 Å². The predicted molar refractivity (Wildman–Crippen MR) is 170 cm³/mol. The molecule has 9 heteroatoms. The summed E-state index contributed by atoms with van der Waals surface area (Å²) in [6.45, 7) is 1.46. The van der Waals surface area contributed by atoms with E-state index in [0.29, 0.717) is 38.9 Å². The van der Waals surface area contributed by atoms with Gasteiger partial charge in [-0.25, -0.2) is 0 Å². The first-order valence-electron chi connectivity index (χ1n) is 16.3. The Labute approximate surface area is 267 Å². The fraction of sp³-hybridized carbons (Fsp3) is 0.556. The molecule has 0 fully saturated rings. The molecule has 0 unspecified atom stereocenters. The van der Waals surface area contributed by atoms with Gasteiger partial charge < -0.3 is 23.7 Å². The number of benzene rings is 2. The van der Waals surface area contributed by atoms with Crippen molar-refractivity contribution in [1.29, 1.82) is 0 Å². The lowest BCUT2D eigenvalue weighted by Gasteiger charge is -2.08. The zero-order chi connectivity index (χ0) is 32.2. The molecule has 0 amide bonds. The second kappa shape index (κ2) is 25.6. The fourth-order valence-corrected chi connectivity index (χ4v) is 4.43. The summed E-state index contributed by atoms with van der Waals surface area (Å²) >= 11 is 0. The summed E-state index contributed by atoms with van der Waals surface area (Å²) in [4.78, 5) is 47.3. The van der Waals surface area contributed by atoms with E-state index in [1.54, 1.807) is 0 Å². The van der Waals surface area contributed by atoms with Gasteiger partial charge in [0.1, 0.15) is 26.4 Å². The highest BCUT2D eigenvalue weighted by molar-refractivity contribution is 5.70. The van der Waals surface area contributed by atoms with E-state index in [0.717, 1.165) is 75.3 Å². The van der Waals surface area contributed by atoms with E-state index in [2.05, 4.69) is 0 Å². The monoisotopic (exact) mass is 626 g/mol. The van der Waals surface area contributed by atoms with Crippen LogP contribution in [0.1, 0.15) is 101 Å². The summed E-state index contributed by atoms with van der Waals surface area (Å²) in [7, 11) is 0. The largest absolute Gasteiger partial charge is 0.463 e. The van der Waals surface area contributed by atoms with Gasteiger partial charge in [-0.1, -0.05) is 99.2 Å². The lowest BCUT2D eigenvalue weighted by molar-refractivity contribution is -0.147. The molecule has 45 heavy (non-hydrogen) atoms. The first-order chi connectivity index (χ1) is 22.0. The standard InChI is InChI=1S/C36H50O9/c37-33(21-13-3-1-5-15-23-35(39)44-29-31-17-9-7-10-18-31)42-27-25-41-26-28-43-34(38)22-14-4-2-6-16-24-36(40)45-30-32-19-11-8-12-20-32/h7-12,17-20H,1-6,13-16,21-30H2. The van der Waals surface area contributed by atoms with E-state index in [9.17, 15) is 19.2 Å². The first kappa shape index (κ1) is 37.5. The molecule has 0 aromatic heterocycles. The molecule has 2 aromatic rings. The number of carbonyl (C=O) groups excluding carboxylic acids is 4. The van der Waals surface area contributed by atoms with Crippen molar-refractivity contribution in [1.82, 2.24) is 0 Å². The zero-order valence-corrected chi connectivity index (χ0v) is 26.6. The maximum absolute atomic E-state index is 11.8. The second-order valence-electron chi connectivity index (χ2n) is 10.9. The number of ether oxygens (including phenoxy) is 5. The molecule has 248 valence electrons. The number of carbonyl (C=O) groups is 4. The molecular weight excluding hydrogens is 576 g/mol. The molecule has 9 nitrogen and oxygen atoms in total. The maximum atomic E-state index is 11.8. The molecule has 0 saturated heterocycles. The molecule has 0 aliphatic carbocycles. The number of rotatable bonds is 26. The fourth-order valence-electron chi connectivity index (χ4n) is 4.43. The van der Waals surface area contributed by atoms with Gasteiger partial charge in [0.05, 0.1) is 13.2 Å². The highest BCUT2D eigenvalue weighted by atomic mass is 16.6. The van der Waals surface area contributed by atoms with Gasteiger partial charge in [-0.2, -0.15) is 0 Å². The van der Waals surface area contributed by atoms with Crippen molar-refractivity contribution in [3.05, 3.63) is 71.8 Å². The number of esters is 4. The van der Waals surface area contributed by atoms with Crippen LogP contribution in [-0.4, -0.2) is 50.3 Å². The van der Waals surface area contributed by atoms with Crippen LogP contribution in [0.4, 0.5) is 0 Å². The highest BCUT2D eigenvalue weighted by Gasteiger charge is 2.07. The third-order valence-electron chi connectivity index (χ3n) is 6.99. The van der Waals surface area contributed by atoms with Crippen LogP contribution in [0.15, 0.2) is 60.7 Å². The second-order valence-corrected chi connectivity index (χ2v) is 10.9. The van der Waals surface area contributed by atoms with E-state index < -0.39 is 0 Å². The van der Waals surface area contributed by atoms with E-state index in [-0.39, 0.29) is 50.3 Å². The Hall–Kier alpha value is -3.72. The summed E-state index contributed by atoms with van der Waals surface area (Å²) in [6, 6.07) is 19.2. The Morgan fingerprint density at radius 2 is 0.689 bits per heavy atom. The minimum Gasteiger partial charge on any atom is -0.463 e. The highest BCUT2D eigenvalue weighted by Crippen LogP contribution is 2.11. The van der Waals surface area contributed by atoms with E-state index in [1.807, 2.05) is 60.7 Å². The molecule has 0 N–H and O–H groups in total. The topological polar surface area (TPSA) is 114 Å². The van der Waals surface area contributed by atoms with Crippen molar-refractivity contribution >= 4 is 23.9 Å². The van der Waals surface area contributed by atoms with Gasteiger partial charge in [0.2, 0.25) is 0 Å². The van der Waals surface area contributed by atoms with Gasteiger partial charge in [-0.3, -0.25) is 19.2 Å². The Morgan fingerprint density at radius 3 is 1.04 bits per heavy atom. The summed E-state index contributed by atoms with van der Waals surface area (Å²) in [5.41, 5.74) is 1.96. The lowest BCUT2D eigenvalue weighted by Crippen LogP contribution is -2.14. The molecule has 2 aromatic carbocycles. The average Bonchev–Trinajstić information content (AvgIpc) is 3.06. The third-order valence-corrected chi connectivity index (χ3v) is 6.99. The average molecular weight is 627 g/mol. The Bertz CT molecular complexity index is 987. The zero-order valence-electron chi connectivity index (χ0n) is 26.6. The van der Waals surface area contributed by atoms with E-state index in [1.165, 1.54) is 0 Å². The number of unbranched alkanes of at least 4 members (excludes halogenated alkanes) is 8. The van der Waals surface area contributed by atoms with Crippen LogP contribution in [0.3, 0.4) is 0 Å². The van der Waals surface area contributed by atoms with Gasteiger partial charge in [-0.05, 0) is 36.8 Å². The molecule has 0 saturated carbocycles. The van der Waals surface area contributed by atoms with E-state index in [4.69, 9.17) is 23.7 Å². The van der Waals surface area contributed by atoms with Crippen LogP contribution < -0.4 is 0 Å². The van der Waals surface area contributed by atoms with Crippen LogP contribution in [0.5, 0.6) is 0 Å². The van der Waals surface area contributed by atoms with Gasteiger partial charge >= 0.3 is 23.9 Å². The minimum absolute atomic E-state index is 0.169. The van der Waals surface area contributed by atoms with Crippen LogP contribution >= 0.6 is 0 Å². The van der Waals surface area contributed by atoms with Crippen molar-refractivity contribution in [2.75, 3.05) is 26.4 Å². The normalized spacial score (nSPS) is 10.7. The Morgan fingerprint density at radius 1 is 0.378 bits per heavy atom. The summed E-state index contributed by atoms with van der Waals surface area (Å²) < 4.78 is 26.2. The summed E-state index contributed by atoms with van der Waals surface area (Å²) in [5, 5.41) is 0. The van der Waals surface area contributed by atoms with Crippen LogP contribution in [-0.2, 0) is 56.1 Å². The molecule has 0 spiro atoms. The molecule has 0 aliphatic heterocycles. The summed E-state index contributed by atoms with van der Waals surface area (Å²) in [6.07, 6.45) is 10.1. The van der Waals surface area contributed by atoms with Crippen molar-refractivity contribution in [2.45, 2.75) is 103 Å². The van der Waals surface area contributed by atoms with Crippen LogP contribution in [0, 0.1) is 0 Å². The van der Waals surface area contributed by atoms with Gasteiger partial charge in [0.15, 0.2) is 0 Å². The first-order valence-corrected chi connectivity index (χ1v) is 16.3. The third kappa shape index (κ3) is 21.6. The Kier molecular flexibility index (Phi) is 21.3. The van der Waals surface area contributed by atoms with Crippen molar-refractivity contribution < 1.29 is 42.9 Å². The molecule has 0 atom stereocenters. The Balaban J connectivity index is 1.27. The predicted octanol–water partition coefficient (Wildman–Crippen LogP) is 7.04. The minimum atomic E-state index is -0.252. The van der Waals surface area contributed by atoms with Crippen LogP contribution in [0.2, 0.25) is 0 Å². The molecular formula is C36H50O9. The number of hydrogen-bond acceptors (Lipinski definition) is 9. The van der Waals surface area contributed by atoms with Gasteiger partial charge in [0.25, 0.3) is 0 Å². The van der Waals surface area contributed by atoms with Crippen molar-refractivity contribution in [2.24, 2.45) is 0 Å². The van der Waals surface area contributed by atoms with Crippen molar-refractivity contribution in [3.8, 4) is 0 Å². The number of hydrogen-bond donors (Lipinski definition) is 0. The van der Waals surface area contributed by atoms with Crippen LogP contribution in [0.25, 0.3) is 0 Å². The molecule has 0 heterocycles. The molecule has 0 aliphatic rings. The smallest absolute Gasteiger partial charge is 0.306 e. The molecule has 0 radical (unpaired) electrons. The van der Waals surface area contributed by atoms with Gasteiger partial charge in [0, 0.05) is 25.7 Å². The SMILES string of the molecule is O=C(CCCCCCCC(=O)OCc1ccccc1)OCCOCCOC(=O)CCCCCCCC(=O)OCc1ccccc1. The van der Waals surface area contributed by atoms with Gasteiger partial charge in [-0.15, -0.1) is 0 Å². The molecule has 2 rings (SSSR count). The van der Waals surface area contributed by atoms with Crippen molar-refractivity contribution in [3.63, 3.8) is 0 Å². The lowest BCUT2D eigenvalue weighted by atomic mass is 10.1. The quantitative estimate of drug-likeness (QED) is 0.0616. The maximum Gasteiger partial charge on any atom is 0.306 e. The summed E-state index contributed by atoms with van der Waals surface area (Å²) in [5.74, 6) is -0.869. The molecule has 0 bridgehead atoms.